The smallest absolute Gasteiger partial charge is 0.137 e. The number of benzene rings is 1. The highest BCUT2D eigenvalue weighted by atomic mass is 35.5. The van der Waals surface area contributed by atoms with Crippen molar-refractivity contribution in [2.24, 2.45) is 5.41 Å². The fourth-order valence-electron chi connectivity index (χ4n) is 2.20. The molecule has 0 saturated heterocycles. The number of hydrogen-bond acceptors (Lipinski definition) is 3. The Balaban J connectivity index is 2.10. The monoisotopic (exact) mass is 264 g/mol. The van der Waals surface area contributed by atoms with Crippen molar-refractivity contribution >= 4 is 17.3 Å². The molecule has 18 heavy (non-hydrogen) atoms. The van der Waals surface area contributed by atoms with Gasteiger partial charge in [-0.25, -0.2) is 0 Å². The lowest BCUT2D eigenvalue weighted by Gasteiger charge is -2.35. The Morgan fingerprint density at radius 1 is 1.50 bits per heavy atom. The lowest BCUT2D eigenvalue weighted by atomic mass is 9.70. The molecule has 1 aliphatic carbocycles. The van der Waals surface area contributed by atoms with E-state index >= 15 is 0 Å². The first-order chi connectivity index (χ1) is 8.60. The van der Waals surface area contributed by atoms with Gasteiger partial charge in [-0.3, -0.25) is 0 Å². The molecule has 0 atom stereocenters. The van der Waals surface area contributed by atoms with Gasteiger partial charge in [0, 0.05) is 12.2 Å². The van der Waals surface area contributed by atoms with Gasteiger partial charge in [0.15, 0.2) is 0 Å². The van der Waals surface area contributed by atoms with Crippen molar-refractivity contribution in [1.82, 2.24) is 0 Å². The van der Waals surface area contributed by atoms with Crippen LogP contribution in [0.3, 0.4) is 0 Å². The number of hydrogen-bond donors (Lipinski definition) is 1. The van der Waals surface area contributed by atoms with Crippen LogP contribution in [0, 0.1) is 23.7 Å². The Bertz CT molecular complexity index is 489. The van der Waals surface area contributed by atoms with E-state index in [0.717, 1.165) is 30.5 Å². The van der Waals surface area contributed by atoms with Crippen molar-refractivity contribution in [2.45, 2.75) is 26.2 Å². The molecule has 0 aromatic heterocycles. The highest BCUT2D eigenvalue weighted by molar-refractivity contribution is 6.32. The van der Waals surface area contributed by atoms with Crippen LogP contribution in [0.4, 0.5) is 5.69 Å². The molecule has 0 amide bonds. The molecule has 0 heterocycles. The summed E-state index contributed by atoms with van der Waals surface area (Å²) in [5, 5.41) is 13.1. The van der Waals surface area contributed by atoms with Gasteiger partial charge in [-0.1, -0.05) is 18.0 Å². The maximum atomic E-state index is 9.18. The second-order valence-corrected chi connectivity index (χ2v) is 5.31. The number of rotatable bonds is 4. The van der Waals surface area contributed by atoms with E-state index in [9.17, 15) is 5.26 Å². The summed E-state index contributed by atoms with van der Waals surface area (Å²) in [5.74, 6) is 0.679. The van der Waals surface area contributed by atoms with Crippen LogP contribution in [0.5, 0.6) is 5.75 Å². The largest absolute Gasteiger partial charge is 0.495 e. The number of nitrogens with zero attached hydrogens (tertiary/aromatic N) is 1. The summed E-state index contributed by atoms with van der Waals surface area (Å²) in [6.45, 7) is 2.69. The minimum Gasteiger partial charge on any atom is -0.495 e. The number of halogens is 1. The number of nitriles is 1. The first-order valence-corrected chi connectivity index (χ1v) is 6.47. The number of nitrogens with one attached hydrogen (secondary N) is 1. The molecule has 3 nitrogen and oxygen atoms in total. The van der Waals surface area contributed by atoms with Crippen LogP contribution in [0.25, 0.3) is 0 Å². The summed E-state index contributed by atoms with van der Waals surface area (Å²) >= 11 is 6.10. The van der Waals surface area contributed by atoms with Crippen molar-refractivity contribution in [3.8, 4) is 11.8 Å². The maximum absolute atomic E-state index is 9.18. The first-order valence-electron chi connectivity index (χ1n) is 6.09. The third kappa shape index (κ3) is 2.39. The zero-order chi connectivity index (χ0) is 13.2. The summed E-state index contributed by atoms with van der Waals surface area (Å²) < 4.78 is 5.17. The zero-order valence-corrected chi connectivity index (χ0v) is 11.5. The SMILES string of the molecule is COc1cc(C)c(NCC2(C#N)CCC2)cc1Cl. The Hall–Kier alpha value is -1.40. The molecule has 1 N–H and O–H groups in total. The molecule has 96 valence electrons. The minimum atomic E-state index is -0.182. The molecule has 1 saturated carbocycles. The molecule has 0 radical (unpaired) electrons. The van der Waals surface area contributed by atoms with Gasteiger partial charge in [-0.05, 0) is 37.5 Å². The Kier molecular flexibility index (Phi) is 3.68. The highest BCUT2D eigenvalue weighted by Gasteiger charge is 2.36. The molecule has 0 aliphatic heterocycles. The van der Waals surface area contributed by atoms with E-state index in [-0.39, 0.29) is 5.41 Å². The lowest BCUT2D eigenvalue weighted by molar-refractivity contribution is 0.233. The number of anilines is 1. The predicted octanol–water partition coefficient (Wildman–Crippen LogP) is 3.76. The third-order valence-corrected chi connectivity index (χ3v) is 3.96. The van der Waals surface area contributed by atoms with Gasteiger partial charge in [0.2, 0.25) is 0 Å². The van der Waals surface area contributed by atoms with Crippen molar-refractivity contribution in [1.29, 1.82) is 5.26 Å². The fourth-order valence-corrected chi connectivity index (χ4v) is 2.44. The third-order valence-electron chi connectivity index (χ3n) is 3.66. The molecule has 0 bridgehead atoms. The summed E-state index contributed by atoms with van der Waals surface area (Å²) in [7, 11) is 1.60. The van der Waals surface area contributed by atoms with Gasteiger partial charge in [-0.15, -0.1) is 0 Å². The van der Waals surface area contributed by atoms with Crippen LogP contribution in [-0.4, -0.2) is 13.7 Å². The molecule has 1 aliphatic rings. The van der Waals surface area contributed by atoms with Gasteiger partial charge in [0.05, 0.1) is 23.6 Å². The van der Waals surface area contributed by atoms with Crippen LogP contribution in [0.15, 0.2) is 12.1 Å². The van der Waals surface area contributed by atoms with Crippen LogP contribution >= 0.6 is 11.6 Å². The minimum absolute atomic E-state index is 0.182. The molecule has 4 heteroatoms. The van der Waals surface area contributed by atoms with Crippen LogP contribution in [-0.2, 0) is 0 Å². The second-order valence-electron chi connectivity index (χ2n) is 4.90. The number of methoxy groups -OCH3 is 1. The molecule has 0 spiro atoms. The van der Waals surface area contributed by atoms with Gasteiger partial charge in [0.1, 0.15) is 5.75 Å². The average molecular weight is 265 g/mol. The predicted molar refractivity (Wildman–Crippen MR) is 73.1 cm³/mol. The van der Waals surface area contributed by atoms with Crippen LogP contribution < -0.4 is 10.1 Å². The van der Waals surface area contributed by atoms with Crippen molar-refractivity contribution in [3.05, 3.63) is 22.7 Å². The molecular formula is C14H17ClN2O. The molecule has 1 aromatic carbocycles. The van der Waals surface area contributed by atoms with E-state index in [2.05, 4.69) is 11.4 Å². The van der Waals surface area contributed by atoms with E-state index in [1.165, 1.54) is 0 Å². The van der Waals surface area contributed by atoms with E-state index in [1.54, 1.807) is 7.11 Å². The summed E-state index contributed by atoms with van der Waals surface area (Å²) in [4.78, 5) is 0. The Morgan fingerprint density at radius 2 is 2.22 bits per heavy atom. The maximum Gasteiger partial charge on any atom is 0.137 e. The molecule has 2 rings (SSSR count). The van der Waals surface area contributed by atoms with Gasteiger partial charge >= 0.3 is 0 Å². The van der Waals surface area contributed by atoms with Crippen molar-refractivity contribution in [3.63, 3.8) is 0 Å². The summed E-state index contributed by atoms with van der Waals surface area (Å²) in [6.07, 6.45) is 3.12. The van der Waals surface area contributed by atoms with Crippen molar-refractivity contribution in [2.75, 3.05) is 19.0 Å². The second kappa shape index (κ2) is 5.07. The highest BCUT2D eigenvalue weighted by Crippen LogP contribution is 2.40. The molecule has 1 fully saturated rings. The van der Waals surface area contributed by atoms with Crippen LogP contribution in [0.2, 0.25) is 5.02 Å². The quantitative estimate of drug-likeness (QED) is 0.901. The molecular weight excluding hydrogens is 248 g/mol. The molecule has 0 unspecified atom stereocenters. The average Bonchev–Trinajstić information content (AvgIpc) is 2.32. The van der Waals surface area contributed by atoms with Crippen molar-refractivity contribution < 1.29 is 4.74 Å². The Morgan fingerprint density at radius 3 is 2.72 bits per heavy atom. The topological polar surface area (TPSA) is 45.0 Å². The first kappa shape index (κ1) is 13.0. The van der Waals surface area contributed by atoms with Gasteiger partial charge in [0.25, 0.3) is 0 Å². The van der Waals surface area contributed by atoms with E-state index in [0.29, 0.717) is 17.3 Å². The Labute approximate surface area is 113 Å². The number of aryl methyl sites for hydroxylation is 1. The lowest BCUT2D eigenvalue weighted by Crippen LogP contribution is -2.35. The standard InChI is InChI=1S/C14H17ClN2O/c1-10-6-13(18-2)11(15)7-12(10)17-9-14(8-16)4-3-5-14/h6-7,17H,3-5,9H2,1-2H3. The summed E-state index contributed by atoms with van der Waals surface area (Å²) in [5.41, 5.74) is 1.87. The summed E-state index contributed by atoms with van der Waals surface area (Å²) in [6, 6.07) is 6.19. The van der Waals surface area contributed by atoms with Gasteiger partial charge < -0.3 is 10.1 Å². The van der Waals surface area contributed by atoms with Gasteiger partial charge in [-0.2, -0.15) is 5.26 Å². The number of ether oxygens (including phenoxy) is 1. The normalized spacial score (nSPS) is 16.6. The molecule has 1 aromatic rings. The van der Waals surface area contributed by atoms with E-state index < -0.39 is 0 Å². The van der Waals surface area contributed by atoms with Crippen LogP contribution in [0.1, 0.15) is 24.8 Å². The van der Waals surface area contributed by atoms with E-state index in [1.807, 2.05) is 19.1 Å². The fraction of sp³-hybridized carbons (Fsp3) is 0.500. The zero-order valence-electron chi connectivity index (χ0n) is 10.7. The van der Waals surface area contributed by atoms with E-state index in [4.69, 9.17) is 16.3 Å².